The number of hydrogen-bond donors (Lipinski definition) is 2. The van der Waals surface area contributed by atoms with E-state index >= 15 is 0 Å². The first kappa shape index (κ1) is 17.3. The smallest absolute Gasteiger partial charge is 0.250 e. The van der Waals surface area contributed by atoms with Crippen molar-refractivity contribution in [1.29, 1.82) is 0 Å². The molecule has 1 aromatic heterocycles. The van der Waals surface area contributed by atoms with E-state index in [0.717, 1.165) is 11.3 Å². The summed E-state index contributed by atoms with van der Waals surface area (Å²) in [6.07, 6.45) is 3.26. The number of rotatable bonds is 5. The molecule has 0 saturated carbocycles. The molecule has 1 heterocycles. The third kappa shape index (κ3) is 5.25. The molecule has 0 spiro atoms. The molecule has 0 fully saturated rings. The summed E-state index contributed by atoms with van der Waals surface area (Å²) < 4.78 is 0. The lowest BCUT2D eigenvalue weighted by Gasteiger charge is -2.18. The van der Waals surface area contributed by atoms with Gasteiger partial charge >= 0.3 is 0 Å². The zero-order valence-corrected chi connectivity index (χ0v) is 14.7. The highest BCUT2D eigenvalue weighted by molar-refractivity contribution is 7.99. The summed E-state index contributed by atoms with van der Waals surface area (Å²) in [4.78, 5) is 16.1. The molecule has 0 radical (unpaired) electrons. The van der Waals surface area contributed by atoms with Gasteiger partial charge in [-0.2, -0.15) is 4.98 Å². The van der Waals surface area contributed by atoms with Crippen LogP contribution in [0.1, 0.15) is 38.8 Å². The topological polar surface area (TPSA) is 70.7 Å². The van der Waals surface area contributed by atoms with Crippen molar-refractivity contribution in [1.82, 2.24) is 15.2 Å². The van der Waals surface area contributed by atoms with Gasteiger partial charge in [-0.15, -0.1) is 5.10 Å². The normalized spacial score (nSPS) is 11.8. The zero-order valence-electron chi connectivity index (χ0n) is 13.9. The molecule has 0 bridgehead atoms. The lowest BCUT2D eigenvalue weighted by Crippen LogP contribution is -2.10. The van der Waals surface area contributed by atoms with Gasteiger partial charge in [-0.1, -0.05) is 63.7 Å². The Labute approximate surface area is 141 Å². The molecule has 0 aliphatic rings. The lowest BCUT2D eigenvalue weighted by atomic mass is 9.87. The van der Waals surface area contributed by atoms with Crippen LogP contribution < -0.4 is 5.32 Å². The predicted octanol–water partition coefficient (Wildman–Crippen LogP) is 3.87. The van der Waals surface area contributed by atoms with E-state index < -0.39 is 0 Å². The number of carbonyl (C=O) groups excluding carboxylic acids is 1. The highest BCUT2D eigenvalue weighted by atomic mass is 32.2. The zero-order chi connectivity index (χ0) is 16.9. The number of aromatic nitrogens is 3. The van der Waals surface area contributed by atoms with Crippen LogP contribution in [0.3, 0.4) is 0 Å². The molecule has 122 valence electrons. The maximum atomic E-state index is 11.9. The summed E-state index contributed by atoms with van der Waals surface area (Å²) in [7, 11) is 0. The van der Waals surface area contributed by atoms with Crippen molar-refractivity contribution in [3.05, 3.63) is 41.5 Å². The van der Waals surface area contributed by atoms with Crippen molar-refractivity contribution >= 4 is 29.7 Å². The third-order valence-corrected chi connectivity index (χ3v) is 3.91. The Bertz CT molecular complexity index is 683. The van der Waals surface area contributed by atoms with Gasteiger partial charge in [0, 0.05) is 6.08 Å². The van der Waals surface area contributed by atoms with E-state index in [0.29, 0.717) is 11.1 Å². The van der Waals surface area contributed by atoms with Gasteiger partial charge in [0.05, 0.1) is 0 Å². The number of H-pyrrole nitrogens is 1. The second-order valence-electron chi connectivity index (χ2n) is 6.09. The number of thioether (sulfide) groups is 1. The van der Waals surface area contributed by atoms with Crippen LogP contribution in [0.15, 0.2) is 35.5 Å². The number of carbonyl (C=O) groups is 1. The molecule has 1 amide bonds. The van der Waals surface area contributed by atoms with E-state index in [1.54, 1.807) is 6.08 Å². The number of nitrogens with one attached hydrogen (secondary N) is 2. The van der Waals surface area contributed by atoms with E-state index in [1.165, 1.54) is 23.4 Å². The van der Waals surface area contributed by atoms with Gasteiger partial charge in [0.25, 0.3) is 5.91 Å². The Hall–Kier alpha value is -2.08. The molecule has 1 aromatic carbocycles. The maximum absolute atomic E-state index is 11.9. The van der Waals surface area contributed by atoms with Crippen molar-refractivity contribution < 1.29 is 4.79 Å². The van der Waals surface area contributed by atoms with Crippen LogP contribution in [-0.2, 0) is 10.2 Å². The Kier molecular flexibility index (Phi) is 5.60. The molecule has 6 heteroatoms. The fourth-order valence-corrected chi connectivity index (χ4v) is 2.44. The summed E-state index contributed by atoms with van der Waals surface area (Å²) in [6.45, 7) is 8.54. The van der Waals surface area contributed by atoms with Gasteiger partial charge in [-0.05, 0) is 28.4 Å². The molecule has 0 atom stereocenters. The first-order valence-electron chi connectivity index (χ1n) is 7.53. The molecular weight excluding hydrogens is 308 g/mol. The first-order valence-corrected chi connectivity index (χ1v) is 8.52. The molecule has 2 aromatic rings. The van der Waals surface area contributed by atoms with Crippen LogP contribution in [0, 0.1) is 0 Å². The number of hydrogen-bond acceptors (Lipinski definition) is 4. The first-order chi connectivity index (χ1) is 10.9. The summed E-state index contributed by atoms with van der Waals surface area (Å²) in [5.74, 6) is 1.00. The van der Waals surface area contributed by atoms with Crippen LogP contribution in [0.2, 0.25) is 0 Å². The molecule has 23 heavy (non-hydrogen) atoms. The van der Waals surface area contributed by atoms with Crippen molar-refractivity contribution in [3.63, 3.8) is 0 Å². The molecule has 5 nitrogen and oxygen atoms in total. The standard InChI is InChI=1S/C17H22N4OS/c1-5-23-16-19-15(20-21-16)18-14(22)11-8-12-6-9-13(10-7-12)17(2,3)4/h6-11H,5H2,1-4H3,(H2,18,19,20,21,22)/b11-8+. The van der Waals surface area contributed by atoms with E-state index in [4.69, 9.17) is 0 Å². The lowest BCUT2D eigenvalue weighted by molar-refractivity contribution is -0.111. The fraction of sp³-hybridized carbons (Fsp3) is 0.353. The summed E-state index contributed by atoms with van der Waals surface area (Å²) >= 11 is 1.51. The number of aromatic amines is 1. The average molecular weight is 330 g/mol. The van der Waals surface area contributed by atoms with Gasteiger partial charge < -0.3 is 0 Å². The van der Waals surface area contributed by atoms with Gasteiger partial charge in [-0.25, -0.2) is 5.10 Å². The largest absolute Gasteiger partial charge is 0.291 e. The molecule has 2 N–H and O–H groups in total. The van der Waals surface area contributed by atoms with Gasteiger partial charge in [0.1, 0.15) is 0 Å². The quantitative estimate of drug-likeness (QED) is 0.645. The minimum absolute atomic E-state index is 0.125. The number of nitrogens with zero attached hydrogens (tertiary/aromatic N) is 2. The van der Waals surface area contributed by atoms with Crippen LogP contribution in [0.25, 0.3) is 6.08 Å². The minimum atomic E-state index is -0.242. The SMILES string of the molecule is CCSc1n[nH]c(NC(=O)/C=C/c2ccc(C(C)(C)C)cc2)n1. The molecule has 0 saturated heterocycles. The van der Waals surface area contributed by atoms with Crippen molar-refractivity contribution in [2.24, 2.45) is 0 Å². The highest BCUT2D eigenvalue weighted by Crippen LogP contribution is 2.22. The Morgan fingerprint density at radius 3 is 2.61 bits per heavy atom. The van der Waals surface area contributed by atoms with Crippen molar-refractivity contribution in [2.75, 3.05) is 11.1 Å². The van der Waals surface area contributed by atoms with Crippen molar-refractivity contribution in [2.45, 2.75) is 38.3 Å². The Morgan fingerprint density at radius 2 is 2.00 bits per heavy atom. The van der Waals surface area contributed by atoms with Crippen LogP contribution >= 0.6 is 11.8 Å². The number of amides is 1. The molecular formula is C17H22N4OS. The van der Waals surface area contributed by atoms with Crippen molar-refractivity contribution in [3.8, 4) is 0 Å². The highest BCUT2D eigenvalue weighted by Gasteiger charge is 2.12. The second kappa shape index (κ2) is 7.46. The minimum Gasteiger partial charge on any atom is -0.291 e. The van der Waals surface area contributed by atoms with Crippen LogP contribution in [0.5, 0.6) is 0 Å². The van der Waals surface area contributed by atoms with Gasteiger partial charge in [0.15, 0.2) is 0 Å². The molecule has 0 aliphatic heterocycles. The molecule has 0 aliphatic carbocycles. The van der Waals surface area contributed by atoms with Crippen LogP contribution in [-0.4, -0.2) is 26.8 Å². The van der Waals surface area contributed by atoms with E-state index in [-0.39, 0.29) is 11.3 Å². The molecule has 0 unspecified atom stereocenters. The van der Waals surface area contributed by atoms with Gasteiger partial charge in [0.2, 0.25) is 11.1 Å². The number of benzene rings is 1. The average Bonchev–Trinajstić information content (AvgIpc) is 2.92. The number of anilines is 1. The summed E-state index contributed by atoms with van der Waals surface area (Å²) in [6, 6.07) is 8.19. The monoisotopic (exact) mass is 330 g/mol. The van der Waals surface area contributed by atoms with E-state index in [1.807, 2.05) is 19.1 Å². The Morgan fingerprint density at radius 1 is 1.30 bits per heavy atom. The van der Waals surface area contributed by atoms with E-state index in [9.17, 15) is 4.79 Å². The second-order valence-corrected chi connectivity index (χ2v) is 7.33. The third-order valence-electron chi connectivity index (χ3n) is 3.18. The summed E-state index contributed by atoms with van der Waals surface area (Å²) in [5, 5.41) is 9.98. The Balaban J connectivity index is 1.95. The van der Waals surface area contributed by atoms with E-state index in [2.05, 4.69) is 53.4 Å². The van der Waals surface area contributed by atoms with Gasteiger partial charge in [-0.3, -0.25) is 10.1 Å². The maximum Gasteiger partial charge on any atom is 0.250 e. The predicted molar refractivity (Wildman–Crippen MR) is 95.6 cm³/mol. The van der Waals surface area contributed by atoms with Crippen LogP contribution in [0.4, 0.5) is 5.95 Å². The fourth-order valence-electron chi connectivity index (χ4n) is 1.92. The summed E-state index contributed by atoms with van der Waals surface area (Å²) in [5.41, 5.74) is 2.37. The molecule has 2 rings (SSSR count).